The number of methoxy groups -OCH3 is 1. The van der Waals surface area contributed by atoms with Crippen molar-refractivity contribution in [2.75, 3.05) is 24.7 Å². The minimum Gasteiger partial charge on any atom is -0.453 e. The van der Waals surface area contributed by atoms with Crippen LogP contribution in [-0.2, 0) is 4.74 Å². The maximum atomic E-state index is 12.8. The third kappa shape index (κ3) is 4.99. The molecule has 0 aliphatic heterocycles. The largest absolute Gasteiger partial charge is 0.453 e. The summed E-state index contributed by atoms with van der Waals surface area (Å²) in [5.74, 6) is -4.03. The van der Waals surface area contributed by atoms with Crippen LogP contribution < -0.4 is 16.0 Å². The zero-order valence-electron chi connectivity index (χ0n) is 16.1. The quantitative estimate of drug-likeness (QED) is 0.647. The molecule has 2 heterocycles. The van der Waals surface area contributed by atoms with Crippen molar-refractivity contribution in [3.8, 4) is 0 Å². The maximum Gasteiger partial charge on any atom is 0.412 e. The lowest BCUT2D eigenvalue weighted by molar-refractivity contribution is 0.0958. The number of hydrogen-bond acceptors (Lipinski definition) is 8. The summed E-state index contributed by atoms with van der Waals surface area (Å²) in [5.41, 5.74) is -0.599. The summed E-state index contributed by atoms with van der Waals surface area (Å²) in [6.07, 6.45) is 0.444. The summed E-state index contributed by atoms with van der Waals surface area (Å²) in [6.45, 7) is -2.80. The summed E-state index contributed by atoms with van der Waals surface area (Å²) < 4.78 is 51.4. The van der Waals surface area contributed by atoms with Crippen molar-refractivity contribution in [2.45, 2.75) is 10.7 Å². The first-order valence-corrected chi connectivity index (χ1v) is 7.69. The van der Waals surface area contributed by atoms with Crippen LogP contribution in [0.1, 0.15) is 14.6 Å². The first-order valence-electron chi connectivity index (χ1n) is 8.31. The van der Waals surface area contributed by atoms with E-state index in [0.717, 1.165) is 13.2 Å². The molecule has 0 aliphatic rings. The Hall–Kier alpha value is -3.02. The molecule has 0 aromatic carbocycles. The van der Waals surface area contributed by atoms with Crippen LogP contribution in [0.15, 0.2) is 29.3 Å². The van der Waals surface area contributed by atoms with E-state index >= 15 is 0 Å². The smallest absolute Gasteiger partial charge is 0.412 e. The molecule has 0 fully saturated rings. The molecule has 2 aromatic rings. The number of nitrogens with one attached hydrogen (secondary N) is 3. The van der Waals surface area contributed by atoms with Gasteiger partial charge in [-0.05, 0) is 12.1 Å². The van der Waals surface area contributed by atoms with Gasteiger partial charge in [-0.15, -0.1) is 10.2 Å². The van der Waals surface area contributed by atoms with Crippen molar-refractivity contribution in [3.05, 3.63) is 30.1 Å². The van der Waals surface area contributed by atoms with Gasteiger partial charge in [-0.1, -0.05) is 11.8 Å². The Kier molecular flexibility index (Phi) is 5.22. The predicted octanol–water partition coefficient (Wildman–Crippen LogP) is 2.47. The van der Waals surface area contributed by atoms with Crippen molar-refractivity contribution in [2.24, 2.45) is 0 Å². The molecule has 0 radical (unpaired) electrons. The van der Waals surface area contributed by atoms with Gasteiger partial charge in [-0.3, -0.25) is 10.1 Å². The molecule has 0 atom stereocenters. The number of alkyl halides is 2. The molecule has 12 heteroatoms. The second-order valence-corrected chi connectivity index (χ2v) is 5.45. The average molecular weight is 387 g/mol. The van der Waals surface area contributed by atoms with Crippen LogP contribution in [-0.4, -0.2) is 47.0 Å². The van der Waals surface area contributed by atoms with Crippen LogP contribution in [0.3, 0.4) is 0 Å². The fourth-order valence-corrected chi connectivity index (χ4v) is 2.30. The van der Waals surface area contributed by atoms with Crippen LogP contribution in [0.4, 0.5) is 30.9 Å². The molecule has 138 valence electrons. The van der Waals surface area contributed by atoms with Crippen molar-refractivity contribution in [1.29, 1.82) is 0 Å². The topological polar surface area (TPSA) is 118 Å². The van der Waals surface area contributed by atoms with Crippen molar-refractivity contribution < 1.29 is 27.2 Å². The standard InChI is InChI=1S/C14H14F2N6O3S/c1-17-12(23)10-7(6-9(21-22-10)20-14(24)25-2)19-11-8(26-13(15)16)4-3-5-18-11/h3-6,13H,1-2H3,(H,17,23)(H2,18,19,20,21,24)/i1D3. The van der Waals surface area contributed by atoms with Gasteiger partial charge in [-0.2, -0.15) is 8.78 Å². The van der Waals surface area contributed by atoms with E-state index in [4.69, 9.17) is 4.11 Å². The average Bonchev–Trinajstić information content (AvgIpc) is 2.61. The lowest BCUT2D eigenvalue weighted by atomic mass is 10.3. The molecule has 9 nitrogen and oxygen atoms in total. The Morgan fingerprint density at radius 1 is 1.38 bits per heavy atom. The van der Waals surface area contributed by atoms with E-state index in [1.54, 1.807) is 5.32 Å². The number of nitrogens with zero attached hydrogens (tertiary/aromatic N) is 3. The first kappa shape index (κ1) is 15.3. The zero-order valence-corrected chi connectivity index (χ0v) is 13.9. The summed E-state index contributed by atoms with van der Waals surface area (Å²) >= 11 is 0.212. The highest BCUT2D eigenvalue weighted by atomic mass is 32.2. The van der Waals surface area contributed by atoms with Gasteiger partial charge >= 0.3 is 6.09 Å². The number of carbonyl (C=O) groups is 2. The lowest BCUT2D eigenvalue weighted by Crippen LogP contribution is -2.22. The van der Waals surface area contributed by atoms with Gasteiger partial charge in [0.15, 0.2) is 11.5 Å². The second-order valence-electron chi connectivity index (χ2n) is 4.42. The summed E-state index contributed by atoms with van der Waals surface area (Å²) in [5, 5.41) is 13.8. The molecule has 0 unspecified atom stereocenters. The molecule has 26 heavy (non-hydrogen) atoms. The van der Waals surface area contributed by atoms with E-state index in [2.05, 4.69) is 30.6 Å². The molecule has 0 saturated heterocycles. The number of anilines is 3. The molecule has 0 bridgehead atoms. The number of carbonyl (C=O) groups excluding carboxylic acids is 2. The van der Waals surface area contributed by atoms with Gasteiger partial charge in [0.05, 0.1) is 17.7 Å². The van der Waals surface area contributed by atoms with E-state index in [-0.39, 0.29) is 34.0 Å². The van der Waals surface area contributed by atoms with E-state index in [9.17, 15) is 18.4 Å². The second kappa shape index (κ2) is 8.89. The van der Waals surface area contributed by atoms with Gasteiger partial charge in [0, 0.05) is 23.4 Å². The van der Waals surface area contributed by atoms with Gasteiger partial charge in [0.1, 0.15) is 5.82 Å². The number of pyridine rings is 1. The van der Waals surface area contributed by atoms with Crippen molar-refractivity contribution in [1.82, 2.24) is 20.5 Å². The summed E-state index contributed by atoms with van der Waals surface area (Å²) in [6, 6.07) is 3.95. The first-order chi connectivity index (χ1) is 13.6. The van der Waals surface area contributed by atoms with Gasteiger partial charge in [-0.25, -0.2) is 9.78 Å². The monoisotopic (exact) mass is 387 g/mol. The van der Waals surface area contributed by atoms with Crippen LogP contribution in [0, 0.1) is 0 Å². The number of aromatic nitrogens is 3. The SMILES string of the molecule is [2H]C([2H])([2H])NC(=O)c1nnc(NC(=O)OC)cc1Nc1ncccc1SC(F)F. The molecular formula is C14H14F2N6O3S. The van der Waals surface area contributed by atoms with Gasteiger partial charge in [0.25, 0.3) is 11.7 Å². The van der Waals surface area contributed by atoms with Crippen molar-refractivity contribution in [3.63, 3.8) is 0 Å². The van der Waals surface area contributed by atoms with Crippen LogP contribution >= 0.6 is 11.8 Å². The zero-order chi connectivity index (χ0) is 21.6. The number of ether oxygens (including phenoxy) is 1. The molecule has 0 aliphatic carbocycles. The normalized spacial score (nSPS) is 12.5. The number of hydrogen-bond donors (Lipinski definition) is 3. The highest BCUT2D eigenvalue weighted by molar-refractivity contribution is 7.99. The molecule has 2 aromatic heterocycles. The summed E-state index contributed by atoms with van der Waals surface area (Å²) in [4.78, 5) is 27.6. The number of rotatable bonds is 6. The van der Waals surface area contributed by atoms with Crippen LogP contribution in [0.25, 0.3) is 0 Å². The molecular weight excluding hydrogens is 370 g/mol. The van der Waals surface area contributed by atoms with E-state index in [0.29, 0.717) is 0 Å². The van der Waals surface area contributed by atoms with Crippen molar-refractivity contribution >= 4 is 41.1 Å². The predicted molar refractivity (Wildman–Crippen MR) is 90.8 cm³/mol. The Bertz CT molecular complexity index is 903. The van der Waals surface area contributed by atoms with Gasteiger partial charge in [0.2, 0.25) is 0 Å². The molecule has 2 amide bonds. The maximum absolute atomic E-state index is 12.8. The van der Waals surface area contributed by atoms with E-state index in [1.807, 2.05) is 0 Å². The minimum absolute atomic E-state index is 0.0437. The molecule has 3 N–H and O–H groups in total. The Morgan fingerprint density at radius 2 is 2.19 bits per heavy atom. The lowest BCUT2D eigenvalue weighted by Gasteiger charge is -2.13. The molecule has 2 rings (SSSR count). The van der Waals surface area contributed by atoms with E-state index in [1.165, 1.54) is 18.3 Å². The Balaban J connectivity index is 2.44. The Morgan fingerprint density at radius 3 is 2.88 bits per heavy atom. The Labute approximate surface area is 155 Å². The minimum atomic E-state index is -2.80. The van der Waals surface area contributed by atoms with Gasteiger partial charge < -0.3 is 15.4 Å². The third-order valence-electron chi connectivity index (χ3n) is 2.78. The number of halogens is 2. The summed E-state index contributed by atoms with van der Waals surface area (Å²) in [7, 11) is 1.11. The number of thioether (sulfide) groups is 1. The fourth-order valence-electron chi connectivity index (χ4n) is 1.73. The number of amides is 2. The van der Waals surface area contributed by atoms with Crippen LogP contribution in [0.2, 0.25) is 0 Å². The van der Waals surface area contributed by atoms with Crippen LogP contribution in [0.5, 0.6) is 0 Å². The van der Waals surface area contributed by atoms with E-state index < -0.39 is 30.4 Å². The third-order valence-corrected chi connectivity index (χ3v) is 3.54. The molecule has 0 saturated carbocycles. The highest BCUT2D eigenvalue weighted by Crippen LogP contribution is 2.32. The fraction of sp³-hybridized carbons (Fsp3) is 0.214. The highest BCUT2D eigenvalue weighted by Gasteiger charge is 2.18. The molecule has 0 spiro atoms.